The molecule has 0 bridgehead atoms. The van der Waals surface area contributed by atoms with Crippen molar-refractivity contribution in [3.8, 4) is 0 Å². The Morgan fingerprint density at radius 3 is 2.82 bits per heavy atom. The third-order valence-corrected chi connectivity index (χ3v) is 4.46. The van der Waals surface area contributed by atoms with Crippen LogP contribution in [0, 0.1) is 5.92 Å². The average Bonchev–Trinajstić information content (AvgIpc) is 2.77. The summed E-state index contributed by atoms with van der Waals surface area (Å²) in [5, 5.41) is 4.83. The van der Waals surface area contributed by atoms with Crippen LogP contribution in [-0.2, 0) is 0 Å². The maximum Gasteiger partial charge on any atom is 0.190 e. The number of aromatic nitrogens is 2. The molecule has 0 aliphatic carbocycles. The second-order valence-electron chi connectivity index (χ2n) is 7.13. The Kier molecular flexibility index (Phi) is 5.84. The van der Waals surface area contributed by atoms with Gasteiger partial charge >= 0.3 is 0 Å². The first-order valence-corrected chi connectivity index (χ1v) is 9.01. The van der Waals surface area contributed by atoms with Gasteiger partial charge < -0.3 is 9.58 Å². The molecule has 0 saturated heterocycles. The van der Waals surface area contributed by atoms with Crippen LogP contribution in [0.5, 0.6) is 0 Å². The minimum Gasteiger partial charge on any atom is -0.383 e. The third-order valence-electron chi connectivity index (χ3n) is 4.46. The smallest absolute Gasteiger partial charge is 0.190 e. The Balaban J connectivity index is 0.00000280. The summed E-state index contributed by atoms with van der Waals surface area (Å²) in [5.74, 6) is 1.08. The van der Waals surface area contributed by atoms with Crippen LogP contribution in [-0.4, -0.2) is 58.9 Å². The second-order valence-corrected chi connectivity index (χ2v) is 7.13. The van der Waals surface area contributed by atoms with E-state index in [9.17, 15) is 4.79 Å². The molecule has 28 heavy (non-hydrogen) atoms. The van der Waals surface area contributed by atoms with E-state index in [0.29, 0.717) is 5.56 Å². The SMILES string of the molecule is CC1=C[C-](C)C=Cc2c(C(=O)/C=C/N(C)C)c(C3=CC[N+](C)=CC=C3)nn21.[Lr]. The Morgan fingerprint density at radius 2 is 2.11 bits per heavy atom. The molecule has 1 aromatic rings. The van der Waals surface area contributed by atoms with Gasteiger partial charge in [0, 0.05) is 43.7 Å². The summed E-state index contributed by atoms with van der Waals surface area (Å²) >= 11 is 0. The largest absolute Gasteiger partial charge is 0.383 e. The first kappa shape index (κ1) is 20.2. The summed E-state index contributed by atoms with van der Waals surface area (Å²) in [6.45, 7) is 4.83. The van der Waals surface area contributed by atoms with Crippen molar-refractivity contribution < 1.29 is 9.37 Å². The van der Waals surface area contributed by atoms with E-state index in [1.165, 1.54) is 0 Å². The zero-order chi connectivity index (χ0) is 19.6. The van der Waals surface area contributed by atoms with Gasteiger partial charge in [-0.15, -0.1) is 12.2 Å². The van der Waals surface area contributed by atoms with Gasteiger partial charge in [-0.1, -0.05) is 19.5 Å². The van der Waals surface area contributed by atoms with Crippen LogP contribution in [0.15, 0.2) is 42.7 Å². The molecule has 0 spiro atoms. The van der Waals surface area contributed by atoms with Crippen molar-refractivity contribution in [1.29, 1.82) is 0 Å². The number of carbonyl (C=O) groups excluding carboxylic acids is 1. The van der Waals surface area contributed by atoms with E-state index in [2.05, 4.69) is 16.7 Å². The second kappa shape index (κ2) is 8.08. The zero-order valence-corrected chi connectivity index (χ0v) is 19.0. The van der Waals surface area contributed by atoms with E-state index < -0.39 is 0 Å². The van der Waals surface area contributed by atoms with Crippen LogP contribution >= 0.6 is 0 Å². The Labute approximate surface area is 161 Å². The van der Waals surface area contributed by atoms with Crippen molar-refractivity contribution in [2.75, 3.05) is 27.7 Å². The molecular formula is C22H26LrN4O. The summed E-state index contributed by atoms with van der Waals surface area (Å²) in [4.78, 5) is 15.0. The van der Waals surface area contributed by atoms with Gasteiger partial charge in [0.05, 0.1) is 5.56 Å². The van der Waals surface area contributed by atoms with Gasteiger partial charge in [0.2, 0.25) is 0 Å². The van der Waals surface area contributed by atoms with Crippen molar-refractivity contribution in [3.63, 3.8) is 0 Å². The molecule has 0 amide bonds. The van der Waals surface area contributed by atoms with Crippen LogP contribution in [0.25, 0.3) is 17.3 Å². The van der Waals surface area contributed by atoms with Gasteiger partial charge in [0.15, 0.2) is 18.5 Å². The predicted molar refractivity (Wildman–Crippen MR) is 112 cm³/mol. The van der Waals surface area contributed by atoms with Crippen LogP contribution in [0.2, 0.25) is 0 Å². The van der Waals surface area contributed by atoms with Gasteiger partial charge in [-0.25, -0.2) is 4.58 Å². The van der Waals surface area contributed by atoms with E-state index >= 15 is 0 Å². The fraction of sp³-hybridized carbons (Fsp3) is 0.273. The standard InChI is InChI=1S/C22H26N4O.Lr/c1-16-8-9-19-21(20(27)11-13-24(3)4)22(23-26(19)17(2)15-16)18-7-6-12-25(5)14-10-18;/h6-13,15H,14H2,1-5H3;/b13-11+;. The van der Waals surface area contributed by atoms with Crippen molar-refractivity contribution in [2.45, 2.75) is 13.8 Å². The van der Waals surface area contributed by atoms with Gasteiger partial charge in [-0.2, -0.15) is 17.1 Å². The molecule has 0 fully saturated rings. The summed E-state index contributed by atoms with van der Waals surface area (Å²) in [6, 6.07) is 0. The molecule has 0 unspecified atom stereocenters. The van der Waals surface area contributed by atoms with E-state index in [4.69, 9.17) is 5.10 Å². The summed E-state index contributed by atoms with van der Waals surface area (Å²) in [6.07, 6.45) is 17.6. The molecule has 3 heterocycles. The minimum absolute atomic E-state index is 0. The van der Waals surface area contributed by atoms with Crippen molar-refractivity contribution in [1.82, 2.24) is 14.7 Å². The first-order chi connectivity index (χ1) is 12.9. The summed E-state index contributed by atoms with van der Waals surface area (Å²) < 4.78 is 3.95. The number of hydrogen-bond donors (Lipinski definition) is 0. The maximum atomic E-state index is 13.1. The van der Waals surface area contributed by atoms with E-state index in [0.717, 1.165) is 35.1 Å². The van der Waals surface area contributed by atoms with Gasteiger partial charge in [-0.05, 0) is 12.2 Å². The number of fused-ring (bicyclic) bond motifs is 1. The van der Waals surface area contributed by atoms with Gasteiger partial charge in [0.25, 0.3) is 0 Å². The molecule has 5 nitrogen and oxygen atoms in total. The molecule has 1 aromatic heterocycles. The quantitative estimate of drug-likeness (QED) is 0.224. The Morgan fingerprint density at radius 1 is 1.36 bits per heavy atom. The molecule has 155 valence electrons. The summed E-state index contributed by atoms with van der Waals surface area (Å²) in [5.41, 5.74) is 4.12. The molecule has 2 aliphatic rings. The number of hydrogen-bond acceptors (Lipinski definition) is 3. The van der Waals surface area contributed by atoms with Gasteiger partial charge in [0.1, 0.15) is 12.7 Å². The number of allylic oxidation sites excluding steroid dienone is 7. The zero-order valence-electron chi connectivity index (χ0n) is 16.9. The molecule has 0 N–H and O–H groups in total. The molecule has 3 rings (SSSR count). The van der Waals surface area contributed by atoms with Crippen LogP contribution in [0.4, 0.5) is 0 Å². The number of likely N-dealkylation sites (N-methyl/N-ethyl adjacent to an activating group) is 1. The molecule has 6 heteroatoms. The van der Waals surface area contributed by atoms with Crippen molar-refractivity contribution >= 4 is 29.3 Å². The number of ketones is 1. The van der Waals surface area contributed by atoms with Crippen LogP contribution in [0.3, 0.4) is 0 Å². The molecule has 2 aliphatic heterocycles. The number of rotatable bonds is 4. The van der Waals surface area contributed by atoms with Crippen molar-refractivity contribution in [3.05, 3.63) is 65.5 Å². The third kappa shape index (κ3) is 4.01. The number of nitrogens with zero attached hydrogens (tertiary/aromatic N) is 4. The number of carbonyl (C=O) groups is 1. The van der Waals surface area contributed by atoms with E-state index in [1.807, 2.05) is 75.1 Å². The van der Waals surface area contributed by atoms with Gasteiger partial charge in [-0.3, -0.25) is 4.79 Å². The fourth-order valence-electron chi connectivity index (χ4n) is 3.09. The predicted octanol–water partition coefficient (Wildman–Crippen LogP) is 3.29. The Hall–Kier alpha value is -4.08. The van der Waals surface area contributed by atoms with Crippen molar-refractivity contribution in [2.24, 2.45) is 0 Å². The van der Waals surface area contributed by atoms with Crippen LogP contribution in [0.1, 0.15) is 35.6 Å². The summed E-state index contributed by atoms with van der Waals surface area (Å²) in [7, 11) is 5.82. The molecule has 1 radical (unpaired) electrons. The maximum absolute atomic E-state index is 13.1. The van der Waals surface area contributed by atoms with Crippen LogP contribution < -0.4 is 0 Å². The first-order valence-electron chi connectivity index (χ1n) is 9.01. The normalized spacial score (nSPS) is 15.9. The molecule has 0 aromatic carbocycles. The average molecular weight is 624 g/mol. The molecular weight excluding hydrogens is 598 g/mol. The fourth-order valence-corrected chi connectivity index (χ4v) is 3.09. The Bertz CT molecular complexity index is 942. The van der Waals surface area contributed by atoms with E-state index in [-0.39, 0.29) is 5.78 Å². The molecule has 0 atom stereocenters. The molecule has 0 saturated carbocycles. The monoisotopic (exact) mass is 624 g/mol. The van der Waals surface area contributed by atoms with E-state index in [1.54, 1.807) is 12.3 Å². The topological polar surface area (TPSA) is 41.1 Å². The minimum atomic E-state index is -0.0483.